The zero-order valence-electron chi connectivity index (χ0n) is 11.5. The summed E-state index contributed by atoms with van der Waals surface area (Å²) >= 11 is 5.95. The number of nitro benzene ring substituents is 1. The van der Waals surface area contributed by atoms with E-state index in [4.69, 9.17) is 11.6 Å². The Bertz CT molecular complexity index is 694. The Hall–Kier alpha value is -2.08. The quantitative estimate of drug-likeness (QED) is 0.675. The van der Waals surface area contributed by atoms with Crippen molar-refractivity contribution in [2.24, 2.45) is 0 Å². The first-order chi connectivity index (χ1) is 10.1. The molecular formula is C14H15ClN4O2. The topological polar surface area (TPSA) is 73.0 Å². The maximum Gasteiger partial charge on any atom is 0.288 e. The first-order valence-corrected chi connectivity index (χ1v) is 7.13. The van der Waals surface area contributed by atoms with E-state index < -0.39 is 4.92 Å². The smallest absolute Gasteiger partial charge is 0.288 e. The van der Waals surface area contributed by atoms with Gasteiger partial charge in [0, 0.05) is 24.0 Å². The maximum absolute atomic E-state index is 10.8. The Balaban J connectivity index is 1.77. The summed E-state index contributed by atoms with van der Waals surface area (Å²) < 4.78 is 2.18. The number of hydrogen-bond acceptors (Lipinski definition) is 4. The highest BCUT2D eigenvalue weighted by Gasteiger charge is 2.25. The minimum atomic E-state index is -0.471. The molecule has 21 heavy (non-hydrogen) atoms. The second kappa shape index (κ2) is 5.37. The van der Waals surface area contributed by atoms with Crippen molar-refractivity contribution < 1.29 is 4.92 Å². The Morgan fingerprint density at radius 3 is 2.95 bits per heavy atom. The molecule has 0 aliphatic heterocycles. The first kappa shape index (κ1) is 13.9. The molecule has 1 aliphatic carbocycles. The first-order valence-electron chi connectivity index (χ1n) is 6.75. The van der Waals surface area contributed by atoms with Gasteiger partial charge in [-0.3, -0.25) is 10.1 Å². The van der Waals surface area contributed by atoms with Gasteiger partial charge in [0.25, 0.3) is 5.69 Å². The van der Waals surface area contributed by atoms with Crippen molar-refractivity contribution in [3.05, 3.63) is 51.1 Å². The van der Waals surface area contributed by atoms with Crippen LogP contribution < -0.4 is 5.32 Å². The summed E-state index contributed by atoms with van der Waals surface area (Å²) in [5, 5.41) is 14.3. The van der Waals surface area contributed by atoms with Crippen LogP contribution in [0.2, 0.25) is 5.02 Å². The third-order valence-corrected chi connectivity index (χ3v) is 3.94. The minimum Gasteiger partial charge on any atom is -0.379 e. The van der Waals surface area contributed by atoms with Crippen LogP contribution in [0.4, 0.5) is 11.4 Å². The fourth-order valence-corrected chi connectivity index (χ4v) is 2.57. The highest BCUT2D eigenvalue weighted by Crippen LogP contribution is 2.36. The SMILES string of the molecule is Cc1cc([N+](=O)[O-])c(Cl)cc1NCc1cncn1C1CC1. The van der Waals surface area contributed by atoms with Gasteiger partial charge in [0.1, 0.15) is 5.02 Å². The van der Waals surface area contributed by atoms with E-state index in [-0.39, 0.29) is 10.7 Å². The molecule has 1 fully saturated rings. The predicted molar refractivity (Wildman–Crippen MR) is 80.7 cm³/mol. The molecular weight excluding hydrogens is 292 g/mol. The lowest BCUT2D eigenvalue weighted by Crippen LogP contribution is -2.07. The number of anilines is 1. The van der Waals surface area contributed by atoms with Gasteiger partial charge in [0.05, 0.1) is 23.5 Å². The van der Waals surface area contributed by atoms with Gasteiger partial charge in [-0.05, 0) is 31.4 Å². The fourth-order valence-electron chi connectivity index (χ4n) is 2.33. The van der Waals surface area contributed by atoms with E-state index in [1.165, 1.54) is 18.9 Å². The van der Waals surface area contributed by atoms with Crippen molar-refractivity contribution in [2.75, 3.05) is 5.32 Å². The van der Waals surface area contributed by atoms with E-state index in [9.17, 15) is 10.1 Å². The van der Waals surface area contributed by atoms with Gasteiger partial charge in [-0.25, -0.2) is 4.98 Å². The van der Waals surface area contributed by atoms with Crippen LogP contribution in [0.25, 0.3) is 0 Å². The van der Waals surface area contributed by atoms with Gasteiger partial charge in [-0.15, -0.1) is 0 Å². The number of imidazole rings is 1. The number of nitrogens with one attached hydrogen (secondary N) is 1. The number of nitro groups is 1. The standard InChI is InChI=1S/C14H15ClN4O2/c1-9-4-14(19(20)21)12(15)5-13(9)17-7-11-6-16-8-18(11)10-2-3-10/h4-6,8,10,17H,2-3,7H2,1H3. The number of aromatic nitrogens is 2. The molecule has 6 nitrogen and oxygen atoms in total. The highest BCUT2D eigenvalue weighted by molar-refractivity contribution is 6.33. The summed E-state index contributed by atoms with van der Waals surface area (Å²) in [6.45, 7) is 2.44. The number of aryl methyl sites for hydroxylation is 1. The van der Waals surface area contributed by atoms with Crippen LogP contribution in [0, 0.1) is 17.0 Å². The lowest BCUT2D eigenvalue weighted by molar-refractivity contribution is -0.384. The second-order valence-electron chi connectivity index (χ2n) is 5.25. The molecule has 1 aliphatic rings. The molecule has 0 radical (unpaired) electrons. The number of halogens is 1. The van der Waals surface area contributed by atoms with E-state index >= 15 is 0 Å². The molecule has 0 amide bonds. The van der Waals surface area contributed by atoms with Crippen molar-refractivity contribution in [3.63, 3.8) is 0 Å². The average Bonchev–Trinajstić information content (AvgIpc) is 3.18. The molecule has 1 N–H and O–H groups in total. The minimum absolute atomic E-state index is 0.0669. The molecule has 0 spiro atoms. The van der Waals surface area contributed by atoms with E-state index in [0.717, 1.165) is 16.9 Å². The van der Waals surface area contributed by atoms with Gasteiger partial charge in [-0.2, -0.15) is 0 Å². The van der Waals surface area contributed by atoms with Crippen molar-refractivity contribution >= 4 is 23.0 Å². The summed E-state index contributed by atoms with van der Waals surface area (Å²) in [6, 6.07) is 3.67. The zero-order chi connectivity index (χ0) is 15.0. The highest BCUT2D eigenvalue weighted by atomic mass is 35.5. The Morgan fingerprint density at radius 1 is 1.52 bits per heavy atom. The largest absolute Gasteiger partial charge is 0.379 e. The Kier molecular flexibility index (Phi) is 3.55. The monoisotopic (exact) mass is 306 g/mol. The van der Waals surface area contributed by atoms with Crippen molar-refractivity contribution in [1.29, 1.82) is 0 Å². The van der Waals surface area contributed by atoms with Crippen LogP contribution in [0.5, 0.6) is 0 Å². The summed E-state index contributed by atoms with van der Waals surface area (Å²) in [6.07, 6.45) is 6.09. The fraction of sp³-hybridized carbons (Fsp3) is 0.357. The predicted octanol–water partition coefficient (Wildman–Crippen LogP) is 3.70. The van der Waals surface area contributed by atoms with Crippen LogP contribution in [0.1, 0.15) is 30.1 Å². The van der Waals surface area contributed by atoms with E-state index in [1.807, 2.05) is 19.4 Å². The Labute approximate surface area is 126 Å². The van der Waals surface area contributed by atoms with Crippen LogP contribution in [0.15, 0.2) is 24.7 Å². The molecule has 0 atom stereocenters. The van der Waals surface area contributed by atoms with Gasteiger partial charge >= 0.3 is 0 Å². The maximum atomic E-state index is 10.8. The lowest BCUT2D eigenvalue weighted by Gasteiger charge is -2.12. The third kappa shape index (κ3) is 2.85. The molecule has 0 unspecified atom stereocenters. The molecule has 1 heterocycles. The number of hydrogen-bond donors (Lipinski definition) is 1. The van der Waals surface area contributed by atoms with Crippen molar-refractivity contribution in [3.8, 4) is 0 Å². The van der Waals surface area contributed by atoms with E-state index in [1.54, 1.807) is 6.07 Å². The number of benzene rings is 1. The third-order valence-electron chi connectivity index (χ3n) is 3.64. The Morgan fingerprint density at radius 2 is 2.29 bits per heavy atom. The van der Waals surface area contributed by atoms with Crippen LogP contribution in [-0.2, 0) is 6.54 Å². The summed E-state index contributed by atoms with van der Waals surface area (Å²) in [5.74, 6) is 0. The van der Waals surface area contributed by atoms with Crippen LogP contribution in [-0.4, -0.2) is 14.5 Å². The summed E-state index contributed by atoms with van der Waals surface area (Å²) in [4.78, 5) is 14.6. The second-order valence-corrected chi connectivity index (χ2v) is 5.66. The lowest BCUT2D eigenvalue weighted by atomic mass is 10.1. The summed E-state index contributed by atoms with van der Waals surface area (Å²) in [5.41, 5.74) is 2.63. The van der Waals surface area contributed by atoms with E-state index in [2.05, 4.69) is 14.9 Å². The normalized spacial score (nSPS) is 14.2. The molecule has 0 bridgehead atoms. The van der Waals surface area contributed by atoms with Gasteiger partial charge < -0.3 is 9.88 Å². The van der Waals surface area contributed by atoms with E-state index in [0.29, 0.717) is 12.6 Å². The molecule has 110 valence electrons. The molecule has 0 saturated heterocycles. The average molecular weight is 307 g/mol. The van der Waals surface area contributed by atoms with Gasteiger partial charge in [0.2, 0.25) is 0 Å². The van der Waals surface area contributed by atoms with Gasteiger partial charge in [0.15, 0.2) is 0 Å². The molecule has 7 heteroatoms. The summed E-state index contributed by atoms with van der Waals surface area (Å²) in [7, 11) is 0. The van der Waals surface area contributed by atoms with Crippen molar-refractivity contribution in [1.82, 2.24) is 9.55 Å². The number of rotatable bonds is 5. The number of nitrogens with zero attached hydrogens (tertiary/aromatic N) is 3. The molecule has 1 saturated carbocycles. The zero-order valence-corrected chi connectivity index (χ0v) is 12.3. The van der Waals surface area contributed by atoms with Gasteiger partial charge in [-0.1, -0.05) is 11.6 Å². The molecule has 3 rings (SSSR count). The van der Waals surface area contributed by atoms with Crippen LogP contribution >= 0.6 is 11.6 Å². The van der Waals surface area contributed by atoms with Crippen molar-refractivity contribution in [2.45, 2.75) is 32.4 Å². The molecule has 1 aromatic carbocycles. The van der Waals surface area contributed by atoms with Crippen LogP contribution in [0.3, 0.4) is 0 Å². The molecule has 2 aromatic rings. The molecule has 1 aromatic heterocycles.